The number of phenols is 5. The lowest BCUT2D eigenvalue weighted by molar-refractivity contribution is 0.474. The zero-order chi connectivity index (χ0) is 32.5. The van der Waals surface area contributed by atoms with Gasteiger partial charge in [-0.1, -0.05) is 101 Å². The molecule has 0 spiro atoms. The van der Waals surface area contributed by atoms with Crippen LogP contribution in [0.15, 0.2) is 112 Å². The Labute approximate surface area is 295 Å². The number of benzene rings is 5. The van der Waals surface area contributed by atoms with Gasteiger partial charge >= 0.3 is 0 Å². The maximum atomic E-state index is 8.89. The summed E-state index contributed by atoms with van der Waals surface area (Å²) < 4.78 is 1.85. The smallest absolute Gasteiger partial charge is 0.134 e. The molecule has 13 heteroatoms. The minimum Gasteiger partial charge on any atom is -0.508 e. The van der Waals surface area contributed by atoms with Crippen LogP contribution in [0.4, 0.5) is 0 Å². The molecule has 43 heavy (non-hydrogen) atoms. The Hall–Kier alpha value is -2.20. The zero-order valence-electron chi connectivity index (χ0n) is 21.6. The molecule has 5 N–H and O–H groups in total. The fourth-order valence-corrected chi connectivity index (χ4v) is 4.09. The van der Waals surface area contributed by atoms with Gasteiger partial charge in [0, 0.05) is 19.0 Å². The van der Waals surface area contributed by atoms with E-state index in [1.54, 1.807) is 72.8 Å². The lowest BCUT2D eigenvalue weighted by atomic mass is 10.3. The fraction of sp³-hybridized carbons (Fsp3) is 0. The molecule has 0 fully saturated rings. The summed E-state index contributed by atoms with van der Waals surface area (Å²) in [6, 6.07) is 27.0. The van der Waals surface area contributed by atoms with Crippen LogP contribution in [0.3, 0.4) is 0 Å². The molecule has 0 saturated heterocycles. The van der Waals surface area contributed by atoms with Crippen LogP contribution in [0.1, 0.15) is 0 Å². The first-order valence-corrected chi connectivity index (χ1v) is 15.3. The minimum absolute atomic E-state index is 0.0565. The van der Waals surface area contributed by atoms with Crippen molar-refractivity contribution < 1.29 is 25.5 Å². The molecule has 0 aromatic heterocycles. The predicted molar refractivity (Wildman–Crippen MR) is 186 cm³/mol. The van der Waals surface area contributed by atoms with Gasteiger partial charge in [0.25, 0.3) is 0 Å². The van der Waals surface area contributed by atoms with E-state index in [-0.39, 0.29) is 28.0 Å². The molecule has 0 aliphatic rings. The molecule has 0 amide bonds. The van der Waals surface area contributed by atoms with Gasteiger partial charge in [0.15, 0.2) is 0 Å². The van der Waals surface area contributed by atoms with Crippen molar-refractivity contribution in [1.29, 1.82) is 0 Å². The van der Waals surface area contributed by atoms with Gasteiger partial charge in [-0.3, -0.25) is 0 Å². The molecule has 0 atom stereocenters. The Morgan fingerprint density at radius 1 is 0.349 bits per heavy atom. The van der Waals surface area contributed by atoms with Crippen molar-refractivity contribution in [2.45, 2.75) is 0 Å². The summed E-state index contributed by atoms with van der Waals surface area (Å²) in [5.41, 5.74) is 0. The second-order valence-electron chi connectivity index (χ2n) is 7.74. The van der Waals surface area contributed by atoms with E-state index in [2.05, 4.69) is 31.9 Å². The molecule has 0 heterocycles. The fourth-order valence-electron chi connectivity index (χ4n) is 2.33. The number of hydrogen-bond acceptors (Lipinski definition) is 5. The molecular weight excluding hydrogens is 813 g/mol. The normalized spacial score (nSPS) is 9.40. The van der Waals surface area contributed by atoms with Crippen molar-refractivity contribution in [3.05, 3.63) is 142 Å². The average Bonchev–Trinajstić information content (AvgIpc) is 2.96. The topological polar surface area (TPSA) is 101 Å². The summed E-state index contributed by atoms with van der Waals surface area (Å²) in [6.45, 7) is 0. The highest BCUT2D eigenvalue weighted by molar-refractivity contribution is 9.10. The molecule has 0 bridgehead atoms. The van der Waals surface area contributed by atoms with Crippen LogP contribution >= 0.6 is 101 Å². The van der Waals surface area contributed by atoms with Crippen LogP contribution in [0, 0.1) is 0 Å². The van der Waals surface area contributed by atoms with Gasteiger partial charge in [-0.05, 0) is 103 Å². The third-order valence-corrected chi connectivity index (χ3v) is 7.23. The van der Waals surface area contributed by atoms with Crippen molar-refractivity contribution in [3.8, 4) is 28.7 Å². The molecular formula is C30H22Br2Cl6O5. The lowest BCUT2D eigenvalue weighted by Gasteiger charge is -1.93. The van der Waals surface area contributed by atoms with Gasteiger partial charge in [-0.15, -0.1) is 0 Å². The van der Waals surface area contributed by atoms with Crippen molar-refractivity contribution in [1.82, 2.24) is 0 Å². The molecule has 5 nitrogen and oxygen atoms in total. The van der Waals surface area contributed by atoms with Crippen molar-refractivity contribution in [3.63, 3.8) is 0 Å². The predicted octanol–water partition coefficient (Wildman–Crippen LogP) is 12.4. The largest absolute Gasteiger partial charge is 0.508 e. The van der Waals surface area contributed by atoms with E-state index in [4.69, 9.17) is 95.1 Å². The molecule has 228 valence electrons. The molecule has 0 aliphatic heterocycles. The van der Waals surface area contributed by atoms with Crippen LogP contribution in [-0.2, 0) is 0 Å². The molecule has 0 saturated carbocycles. The summed E-state index contributed by atoms with van der Waals surface area (Å²) in [4.78, 5) is 0. The van der Waals surface area contributed by atoms with E-state index < -0.39 is 0 Å². The first kappa shape index (κ1) is 38.8. The highest BCUT2D eigenvalue weighted by atomic mass is 79.9. The van der Waals surface area contributed by atoms with Crippen molar-refractivity contribution in [2.75, 3.05) is 0 Å². The third-order valence-electron chi connectivity index (χ3n) is 4.38. The van der Waals surface area contributed by atoms with E-state index in [1.807, 2.05) is 0 Å². The van der Waals surface area contributed by atoms with Crippen LogP contribution in [0.25, 0.3) is 0 Å². The molecule has 5 aromatic rings. The van der Waals surface area contributed by atoms with Gasteiger partial charge in [-0.25, -0.2) is 0 Å². The Bertz CT molecular complexity index is 1350. The van der Waals surface area contributed by atoms with E-state index in [0.717, 1.165) is 8.95 Å². The Morgan fingerprint density at radius 3 is 1.14 bits per heavy atom. The van der Waals surface area contributed by atoms with Crippen molar-refractivity contribution in [2.24, 2.45) is 0 Å². The highest BCUT2D eigenvalue weighted by Crippen LogP contribution is 2.27. The monoisotopic (exact) mass is 830 g/mol. The van der Waals surface area contributed by atoms with Gasteiger partial charge < -0.3 is 25.5 Å². The molecule has 5 aromatic carbocycles. The Balaban J connectivity index is 0.000000269. The molecule has 0 radical (unpaired) electrons. The zero-order valence-corrected chi connectivity index (χ0v) is 29.3. The standard InChI is InChI=1S/C6H4BrClO.C6H5BrO.2C6H4Cl2O.C6H5ClO/c7-4-1-2-6(9)5(8)3-4;7-5-1-3-6(8)4-2-5;7-4-1-2-6(9)5(8)3-4;7-5-2-1-4(9)3-6(5)8;7-5-1-3-6(8)4-2-5/h1-3,9H;1-4,8H;2*1-3,9H;1-4,8H. The van der Waals surface area contributed by atoms with Crippen LogP contribution < -0.4 is 0 Å². The quantitative estimate of drug-likeness (QED) is 0.107. The SMILES string of the molecule is Oc1ccc(Br)cc1.Oc1ccc(Br)cc1Cl.Oc1ccc(Cl)c(Cl)c1.Oc1ccc(Cl)cc1.Oc1ccc(Cl)cc1Cl. The van der Waals surface area contributed by atoms with Crippen LogP contribution in [0.2, 0.25) is 30.1 Å². The average molecular weight is 835 g/mol. The molecule has 5 rings (SSSR count). The Morgan fingerprint density at radius 2 is 0.767 bits per heavy atom. The summed E-state index contributed by atoms with van der Waals surface area (Å²) >= 11 is 39.5. The number of rotatable bonds is 0. The minimum atomic E-state index is 0.0565. The number of hydrogen-bond donors (Lipinski definition) is 5. The third kappa shape index (κ3) is 17.6. The van der Waals surface area contributed by atoms with Crippen LogP contribution in [0.5, 0.6) is 28.7 Å². The second-order valence-corrected chi connectivity index (χ2v) is 12.1. The summed E-state index contributed by atoms with van der Waals surface area (Å²) in [5.74, 6) is 0.841. The van der Waals surface area contributed by atoms with Gasteiger partial charge in [0.2, 0.25) is 0 Å². The van der Waals surface area contributed by atoms with Gasteiger partial charge in [-0.2, -0.15) is 0 Å². The number of phenolic OH excluding ortho intramolecular Hbond substituents is 5. The van der Waals surface area contributed by atoms with Gasteiger partial charge in [0.1, 0.15) is 28.7 Å². The first-order valence-electron chi connectivity index (χ1n) is 11.5. The number of aromatic hydroxyl groups is 5. The molecule has 0 aliphatic carbocycles. The van der Waals surface area contributed by atoms with Crippen molar-refractivity contribution >= 4 is 101 Å². The van der Waals surface area contributed by atoms with Crippen LogP contribution in [-0.4, -0.2) is 25.5 Å². The maximum absolute atomic E-state index is 8.89. The molecule has 0 unspecified atom stereocenters. The van der Waals surface area contributed by atoms with E-state index in [9.17, 15) is 0 Å². The summed E-state index contributed by atoms with van der Waals surface area (Å²) in [7, 11) is 0. The van der Waals surface area contributed by atoms with E-state index >= 15 is 0 Å². The maximum Gasteiger partial charge on any atom is 0.134 e. The van der Waals surface area contributed by atoms with E-state index in [0.29, 0.717) is 30.9 Å². The first-order chi connectivity index (χ1) is 20.2. The highest BCUT2D eigenvalue weighted by Gasteiger charge is 1.97. The lowest BCUT2D eigenvalue weighted by Crippen LogP contribution is -1.66. The summed E-state index contributed by atoms with van der Waals surface area (Å²) in [6.07, 6.45) is 0. The summed E-state index contributed by atoms with van der Waals surface area (Å²) in [5, 5.41) is 46.6. The van der Waals surface area contributed by atoms with Gasteiger partial charge in [0.05, 0.1) is 20.1 Å². The second kappa shape index (κ2) is 20.7. The Kier molecular flexibility index (Phi) is 18.7. The van der Waals surface area contributed by atoms with E-state index in [1.165, 1.54) is 30.3 Å². The number of halogens is 8.